The number of carbonyl (C=O) groups excluding carboxylic acids is 1. The number of nitrogens with one attached hydrogen (secondary N) is 1. The van der Waals surface area contributed by atoms with Crippen LogP contribution in [0.15, 0.2) is 36.4 Å². The van der Waals surface area contributed by atoms with Gasteiger partial charge in [-0.15, -0.1) is 0 Å². The smallest absolute Gasteiger partial charge is 0.326 e. The number of benzene rings is 1. The first-order valence-electron chi connectivity index (χ1n) is 7.50. The summed E-state index contributed by atoms with van der Waals surface area (Å²) in [6.07, 6.45) is 0.233. The Morgan fingerprint density at radius 1 is 1.26 bits per heavy atom. The van der Waals surface area contributed by atoms with Crippen molar-refractivity contribution >= 4 is 11.9 Å². The van der Waals surface area contributed by atoms with Gasteiger partial charge in [-0.25, -0.2) is 4.79 Å². The quantitative estimate of drug-likeness (QED) is 0.853. The number of hydrogen-bond donors (Lipinski definition) is 2. The van der Waals surface area contributed by atoms with Crippen molar-refractivity contribution in [1.29, 1.82) is 0 Å². The number of nitrogens with zero attached hydrogens (tertiary/aromatic N) is 2. The third-order valence-electron chi connectivity index (χ3n) is 3.61. The van der Waals surface area contributed by atoms with Gasteiger partial charge in [-0.1, -0.05) is 44.2 Å². The average Bonchev–Trinajstić information content (AvgIpc) is 2.90. The van der Waals surface area contributed by atoms with Crippen molar-refractivity contribution in [3.8, 4) is 0 Å². The average molecular weight is 315 g/mol. The van der Waals surface area contributed by atoms with Crippen LogP contribution in [0.3, 0.4) is 0 Å². The fourth-order valence-corrected chi connectivity index (χ4v) is 2.27. The molecule has 1 aromatic heterocycles. The molecule has 1 heterocycles. The maximum absolute atomic E-state index is 12.4. The van der Waals surface area contributed by atoms with Gasteiger partial charge in [0.2, 0.25) is 0 Å². The van der Waals surface area contributed by atoms with Gasteiger partial charge in [-0.05, 0) is 17.5 Å². The van der Waals surface area contributed by atoms with Gasteiger partial charge in [0.15, 0.2) is 0 Å². The minimum absolute atomic E-state index is 0.197. The van der Waals surface area contributed by atoms with E-state index in [2.05, 4.69) is 10.4 Å². The van der Waals surface area contributed by atoms with Gasteiger partial charge in [-0.3, -0.25) is 9.48 Å². The summed E-state index contributed by atoms with van der Waals surface area (Å²) >= 11 is 0. The van der Waals surface area contributed by atoms with Crippen LogP contribution in [0.2, 0.25) is 0 Å². The van der Waals surface area contributed by atoms with Crippen molar-refractivity contribution in [2.24, 2.45) is 7.05 Å². The zero-order valence-corrected chi connectivity index (χ0v) is 13.5. The summed E-state index contributed by atoms with van der Waals surface area (Å²) in [7, 11) is 1.67. The monoisotopic (exact) mass is 315 g/mol. The lowest BCUT2D eigenvalue weighted by molar-refractivity contribution is -0.139. The Balaban J connectivity index is 2.13. The van der Waals surface area contributed by atoms with Crippen molar-refractivity contribution < 1.29 is 14.7 Å². The molecule has 1 atom stereocenters. The van der Waals surface area contributed by atoms with Crippen LogP contribution in [0.5, 0.6) is 0 Å². The molecule has 1 amide bonds. The van der Waals surface area contributed by atoms with Crippen LogP contribution < -0.4 is 5.32 Å². The van der Waals surface area contributed by atoms with Crippen molar-refractivity contribution in [1.82, 2.24) is 15.1 Å². The Kier molecular flexibility index (Phi) is 5.16. The van der Waals surface area contributed by atoms with E-state index in [0.29, 0.717) is 5.69 Å². The maximum atomic E-state index is 12.4. The molecule has 1 aromatic carbocycles. The molecule has 6 heteroatoms. The van der Waals surface area contributed by atoms with E-state index in [-0.39, 0.29) is 12.3 Å². The number of hydrogen-bond acceptors (Lipinski definition) is 3. The van der Waals surface area contributed by atoms with Crippen molar-refractivity contribution in [2.75, 3.05) is 0 Å². The van der Waals surface area contributed by atoms with Crippen molar-refractivity contribution in [2.45, 2.75) is 32.2 Å². The predicted octanol–water partition coefficient (Wildman–Crippen LogP) is 1.97. The van der Waals surface area contributed by atoms with Gasteiger partial charge in [0.05, 0.1) is 5.69 Å². The molecule has 0 fully saturated rings. The fraction of sp³-hybridized carbons (Fsp3) is 0.353. The number of carboxylic acids is 1. The molecule has 122 valence electrons. The second-order valence-electron chi connectivity index (χ2n) is 5.79. The molecule has 0 aliphatic heterocycles. The van der Waals surface area contributed by atoms with Crippen LogP contribution in [0.25, 0.3) is 0 Å². The molecule has 2 N–H and O–H groups in total. The highest BCUT2D eigenvalue weighted by atomic mass is 16.4. The van der Waals surface area contributed by atoms with E-state index in [1.54, 1.807) is 13.1 Å². The van der Waals surface area contributed by atoms with Crippen LogP contribution in [-0.4, -0.2) is 32.8 Å². The summed E-state index contributed by atoms with van der Waals surface area (Å²) in [6, 6.07) is 9.93. The van der Waals surface area contributed by atoms with E-state index in [1.165, 1.54) is 4.68 Å². The normalized spacial score (nSPS) is 12.2. The van der Waals surface area contributed by atoms with E-state index < -0.39 is 17.9 Å². The van der Waals surface area contributed by atoms with Crippen LogP contribution >= 0.6 is 0 Å². The summed E-state index contributed by atoms with van der Waals surface area (Å²) in [5, 5.41) is 16.2. The van der Waals surface area contributed by atoms with E-state index >= 15 is 0 Å². The molecule has 0 aliphatic rings. The highest BCUT2D eigenvalue weighted by Gasteiger charge is 2.23. The maximum Gasteiger partial charge on any atom is 0.326 e. The van der Waals surface area contributed by atoms with Crippen molar-refractivity contribution in [3.63, 3.8) is 0 Å². The third kappa shape index (κ3) is 4.18. The SMILES string of the molecule is CC(C)c1cc(C(=O)N[C@H](Cc2ccccc2)C(=O)O)n(C)n1. The molecule has 0 saturated carbocycles. The lowest BCUT2D eigenvalue weighted by Crippen LogP contribution is -2.42. The Morgan fingerprint density at radius 2 is 1.91 bits per heavy atom. The van der Waals surface area contributed by atoms with E-state index in [1.807, 2.05) is 44.2 Å². The van der Waals surface area contributed by atoms with E-state index in [0.717, 1.165) is 11.3 Å². The summed E-state index contributed by atoms with van der Waals surface area (Å²) in [5.74, 6) is -1.30. The fourth-order valence-electron chi connectivity index (χ4n) is 2.27. The minimum Gasteiger partial charge on any atom is -0.480 e. The lowest BCUT2D eigenvalue weighted by Gasteiger charge is -2.14. The van der Waals surface area contributed by atoms with Gasteiger partial charge < -0.3 is 10.4 Å². The summed E-state index contributed by atoms with van der Waals surface area (Å²) in [5.41, 5.74) is 2.01. The molecular weight excluding hydrogens is 294 g/mol. The van der Waals surface area contributed by atoms with Gasteiger partial charge >= 0.3 is 5.97 Å². The molecule has 0 spiro atoms. The summed E-state index contributed by atoms with van der Waals surface area (Å²) in [6.45, 7) is 3.97. The predicted molar refractivity (Wildman–Crippen MR) is 86.3 cm³/mol. The first kappa shape index (κ1) is 16.7. The topological polar surface area (TPSA) is 84.2 Å². The van der Waals surface area contributed by atoms with Gasteiger partial charge in [0.25, 0.3) is 5.91 Å². The molecule has 0 radical (unpaired) electrons. The zero-order valence-electron chi connectivity index (χ0n) is 13.5. The van der Waals surface area contributed by atoms with Gasteiger partial charge in [-0.2, -0.15) is 5.10 Å². The summed E-state index contributed by atoms with van der Waals surface area (Å²) in [4.78, 5) is 23.8. The standard InChI is InChI=1S/C17H21N3O3/c1-11(2)13-10-15(20(3)19-13)16(21)18-14(17(22)23)9-12-7-5-4-6-8-12/h4-8,10-11,14H,9H2,1-3H3,(H,18,21)(H,22,23)/t14-/m1/s1. The first-order valence-corrected chi connectivity index (χ1v) is 7.50. The largest absolute Gasteiger partial charge is 0.480 e. The molecule has 0 saturated heterocycles. The molecule has 0 aliphatic carbocycles. The first-order chi connectivity index (χ1) is 10.9. The molecule has 2 aromatic rings. The van der Waals surface area contributed by atoms with Crippen LogP contribution in [0.1, 0.15) is 41.5 Å². The Bertz CT molecular complexity index is 692. The van der Waals surface area contributed by atoms with Gasteiger partial charge in [0.1, 0.15) is 11.7 Å². The van der Waals surface area contributed by atoms with Crippen molar-refractivity contribution in [3.05, 3.63) is 53.3 Å². The van der Waals surface area contributed by atoms with Gasteiger partial charge in [0, 0.05) is 13.5 Å². The number of carboxylic acid groups (broad SMARTS) is 1. The number of aromatic nitrogens is 2. The Labute approximate surface area is 135 Å². The van der Waals surface area contributed by atoms with Crippen LogP contribution in [0.4, 0.5) is 0 Å². The van der Waals surface area contributed by atoms with E-state index in [9.17, 15) is 14.7 Å². The minimum atomic E-state index is -1.06. The molecule has 23 heavy (non-hydrogen) atoms. The third-order valence-corrected chi connectivity index (χ3v) is 3.61. The number of aliphatic carboxylic acids is 1. The van der Waals surface area contributed by atoms with Crippen LogP contribution in [-0.2, 0) is 18.3 Å². The molecule has 0 bridgehead atoms. The van der Waals surface area contributed by atoms with Crippen LogP contribution in [0, 0.1) is 0 Å². The second-order valence-corrected chi connectivity index (χ2v) is 5.79. The molecular formula is C17H21N3O3. The second kappa shape index (κ2) is 7.09. The van der Waals surface area contributed by atoms with E-state index in [4.69, 9.17) is 0 Å². The number of carbonyl (C=O) groups is 2. The highest BCUT2D eigenvalue weighted by Crippen LogP contribution is 2.14. The zero-order chi connectivity index (χ0) is 17.0. The number of amides is 1. The molecule has 0 unspecified atom stereocenters. The summed E-state index contributed by atoms with van der Waals surface area (Å²) < 4.78 is 1.48. The molecule has 2 rings (SSSR count). The highest BCUT2D eigenvalue weighted by molar-refractivity contribution is 5.95. The Hall–Kier alpha value is -2.63. The number of aryl methyl sites for hydroxylation is 1. The number of rotatable bonds is 6. The lowest BCUT2D eigenvalue weighted by atomic mass is 10.1. The molecule has 6 nitrogen and oxygen atoms in total. The Morgan fingerprint density at radius 3 is 2.43 bits per heavy atom.